The smallest absolute Gasteiger partial charge is 0.342 e. The molecule has 4 aromatic rings. The lowest BCUT2D eigenvalue weighted by molar-refractivity contribution is -0.131. The molecule has 6 heteroatoms. The Balaban J connectivity index is 0.00000361. The van der Waals surface area contributed by atoms with Crippen molar-refractivity contribution >= 4 is 35.1 Å². The minimum atomic E-state index is -2.26. The van der Waals surface area contributed by atoms with Crippen molar-refractivity contribution in [2.45, 2.75) is 20.0 Å². The van der Waals surface area contributed by atoms with Gasteiger partial charge in [0.05, 0.1) is 12.8 Å². The van der Waals surface area contributed by atoms with Gasteiger partial charge in [0.1, 0.15) is 34.5 Å². The summed E-state index contributed by atoms with van der Waals surface area (Å²) >= 11 is 0. The summed E-state index contributed by atoms with van der Waals surface area (Å²) in [6.07, 6.45) is 0.564. The average molecular weight is 563 g/mol. The molecule has 4 rings (SSSR count). The highest BCUT2D eigenvalue weighted by Gasteiger charge is 2.46. The maximum atomic E-state index is 13.2. The van der Waals surface area contributed by atoms with Crippen LogP contribution in [-0.2, 0) is 15.7 Å². The Morgan fingerprint density at radius 3 is 1.58 bits per heavy atom. The van der Waals surface area contributed by atoms with Crippen LogP contribution in [0.2, 0.25) is 0 Å². The maximum Gasteiger partial charge on any atom is 0.342 e. The summed E-state index contributed by atoms with van der Waals surface area (Å²) in [5.74, 6) is -0.754. The first-order chi connectivity index (χ1) is 17.1. The van der Waals surface area contributed by atoms with Crippen molar-refractivity contribution in [3.63, 3.8) is 0 Å². The highest BCUT2D eigenvalue weighted by molar-refractivity contribution is 7.95. The number of ether oxygens (including phenoxy) is 2. The second kappa shape index (κ2) is 12.6. The highest BCUT2D eigenvalue weighted by atomic mass is 79.9. The van der Waals surface area contributed by atoms with Crippen molar-refractivity contribution in [1.29, 1.82) is 0 Å². The number of esters is 2. The Hall–Kier alpha value is -3.27. The third-order valence-corrected chi connectivity index (χ3v) is 10.2. The third-order valence-electron chi connectivity index (χ3n) is 5.84. The fraction of sp³-hybridized carbons (Fsp3) is 0.133. The predicted molar refractivity (Wildman–Crippen MR) is 143 cm³/mol. The molecule has 0 N–H and O–H groups in total. The molecule has 0 fully saturated rings. The van der Waals surface area contributed by atoms with Gasteiger partial charge < -0.3 is 26.5 Å². The summed E-state index contributed by atoms with van der Waals surface area (Å²) < 4.78 is 10.9. The molecule has 0 aliphatic heterocycles. The van der Waals surface area contributed by atoms with E-state index in [9.17, 15) is 9.59 Å². The summed E-state index contributed by atoms with van der Waals surface area (Å²) in [7, 11) is -2.26. The lowest BCUT2D eigenvalue weighted by Crippen LogP contribution is -3.00. The van der Waals surface area contributed by atoms with Gasteiger partial charge in [-0.3, -0.25) is 4.79 Å². The fourth-order valence-corrected chi connectivity index (χ4v) is 8.67. The summed E-state index contributed by atoms with van der Waals surface area (Å²) in [5.41, 5.74) is 1.09. The standard InChI is InChI=1S/C30H28O4P.BrH/c1-3-33-30(32)29-24(14-13-21-28(29)34-23(2)31)22-35(25-15-7-4-8-16-25,26-17-9-5-10-18-26)27-19-11-6-12-20-27;/h4-21H,3,22H2,1-2H3;1H/q+1;/p-1. The van der Waals surface area contributed by atoms with Crippen LogP contribution in [0.25, 0.3) is 0 Å². The van der Waals surface area contributed by atoms with E-state index < -0.39 is 19.2 Å². The number of hydrogen-bond acceptors (Lipinski definition) is 4. The van der Waals surface area contributed by atoms with Crippen molar-refractivity contribution in [2.24, 2.45) is 0 Å². The summed E-state index contributed by atoms with van der Waals surface area (Å²) in [4.78, 5) is 25.0. The summed E-state index contributed by atoms with van der Waals surface area (Å²) in [5, 5.41) is 3.60. The molecule has 0 saturated heterocycles. The van der Waals surface area contributed by atoms with Crippen LogP contribution in [0.3, 0.4) is 0 Å². The van der Waals surface area contributed by atoms with E-state index in [2.05, 4.69) is 72.8 Å². The first kappa shape index (κ1) is 27.3. The zero-order valence-corrected chi connectivity index (χ0v) is 22.7. The number of hydrogen-bond donors (Lipinski definition) is 0. The predicted octanol–water partition coefficient (Wildman–Crippen LogP) is 2.29. The first-order valence-corrected chi connectivity index (χ1v) is 13.6. The van der Waals surface area contributed by atoms with E-state index in [0.717, 1.165) is 5.56 Å². The normalized spacial score (nSPS) is 10.7. The monoisotopic (exact) mass is 562 g/mol. The van der Waals surface area contributed by atoms with Crippen LogP contribution in [0.15, 0.2) is 109 Å². The molecule has 0 atom stereocenters. The molecule has 0 aliphatic rings. The van der Waals surface area contributed by atoms with Gasteiger partial charge in [0.2, 0.25) is 0 Å². The number of benzene rings is 4. The Bertz CT molecular complexity index is 1200. The summed E-state index contributed by atoms with van der Waals surface area (Å²) in [6.45, 7) is 3.32. The van der Waals surface area contributed by atoms with Gasteiger partial charge in [-0.25, -0.2) is 4.79 Å². The minimum Gasteiger partial charge on any atom is -1.00 e. The second-order valence-electron chi connectivity index (χ2n) is 8.08. The van der Waals surface area contributed by atoms with E-state index in [1.807, 2.05) is 30.3 Å². The van der Waals surface area contributed by atoms with Crippen molar-refractivity contribution in [3.8, 4) is 5.75 Å². The van der Waals surface area contributed by atoms with Crippen molar-refractivity contribution in [2.75, 3.05) is 6.61 Å². The largest absolute Gasteiger partial charge is 1.00 e. The molecule has 4 aromatic carbocycles. The van der Waals surface area contributed by atoms with Crippen LogP contribution >= 0.6 is 7.26 Å². The van der Waals surface area contributed by atoms with E-state index >= 15 is 0 Å². The van der Waals surface area contributed by atoms with Gasteiger partial charge in [0.25, 0.3) is 0 Å². The molecule has 4 nitrogen and oxygen atoms in total. The lowest BCUT2D eigenvalue weighted by Gasteiger charge is -2.28. The quantitative estimate of drug-likeness (QED) is 0.188. The topological polar surface area (TPSA) is 52.6 Å². The highest BCUT2D eigenvalue weighted by Crippen LogP contribution is 2.58. The van der Waals surface area contributed by atoms with Crippen LogP contribution < -0.4 is 37.6 Å². The number of halogens is 1. The van der Waals surface area contributed by atoms with Crippen LogP contribution in [0.5, 0.6) is 5.75 Å². The van der Waals surface area contributed by atoms with E-state index in [1.54, 1.807) is 13.0 Å². The molecule has 0 spiro atoms. The molecule has 0 saturated carbocycles. The lowest BCUT2D eigenvalue weighted by atomic mass is 10.1. The van der Waals surface area contributed by atoms with Crippen LogP contribution in [0, 0.1) is 0 Å². The molecule has 36 heavy (non-hydrogen) atoms. The zero-order valence-electron chi connectivity index (χ0n) is 20.3. The van der Waals surface area contributed by atoms with Gasteiger partial charge in [-0.1, -0.05) is 66.7 Å². The number of rotatable bonds is 8. The molecule has 0 radical (unpaired) electrons. The molecular weight excluding hydrogens is 535 g/mol. The second-order valence-corrected chi connectivity index (χ2v) is 11.6. The van der Waals surface area contributed by atoms with E-state index in [4.69, 9.17) is 9.47 Å². The Kier molecular flexibility index (Phi) is 9.58. The van der Waals surface area contributed by atoms with Gasteiger partial charge in [0.15, 0.2) is 0 Å². The van der Waals surface area contributed by atoms with Crippen molar-refractivity contribution in [3.05, 3.63) is 120 Å². The SMILES string of the molecule is CCOC(=O)c1c(C[P+](c2ccccc2)(c2ccccc2)c2ccccc2)cccc1OC(C)=O.[Br-]. The van der Waals surface area contributed by atoms with Crippen LogP contribution in [0.1, 0.15) is 29.8 Å². The fourth-order valence-electron chi connectivity index (χ4n) is 4.41. The molecule has 0 aromatic heterocycles. The Morgan fingerprint density at radius 1 is 0.694 bits per heavy atom. The number of carbonyl (C=O) groups is 2. The van der Waals surface area contributed by atoms with E-state index in [-0.39, 0.29) is 29.3 Å². The molecule has 0 aliphatic carbocycles. The van der Waals surface area contributed by atoms with Gasteiger partial charge in [-0.05, 0) is 49.4 Å². The molecule has 0 bridgehead atoms. The Labute approximate surface area is 223 Å². The van der Waals surface area contributed by atoms with Gasteiger partial charge in [-0.2, -0.15) is 0 Å². The Morgan fingerprint density at radius 2 is 1.17 bits per heavy atom. The van der Waals surface area contributed by atoms with Gasteiger partial charge in [-0.15, -0.1) is 0 Å². The third kappa shape index (κ3) is 5.75. The van der Waals surface area contributed by atoms with Crippen LogP contribution in [0.4, 0.5) is 0 Å². The average Bonchev–Trinajstić information content (AvgIpc) is 2.89. The van der Waals surface area contributed by atoms with Crippen molar-refractivity contribution < 1.29 is 36.0 Å². The first-order valence-electron chi connectivity index (χ1n) is 11.6. The van der Waals surface area contributed by atoms with Crippen molar-refractivity contribution in [1.82, 2.24) is 0 Å². The minimum absolute atomic E-state index is 0. The molecule has 184 valence electrons. The summed E-state index contributed by atoms with van der Waals surface area (Å²) in [6, 6.07) is 36.7. The molecule has 0 heterocycles. The zero-order chi connectivity index (χ0) is 24.7. The maximum absolute atomic E-state index is 13.2. The number of carbonyl (C=O) groups excluding carboxylic acids is 2. The molecule has 0 amide bonds. The van der Waals surface area contributed by atoms with E-state index in [1.165, 1.54) is 22.8 Å². The van der Waals surface area contributed by atoms with E-state index in [0.29, 0.717) is 11.7 Å². The van der Waals surface area contributed by atoms with Gasteiger partial charge >= 0.3 is 11.9 Å². The van der Waals surface area contributed by atoms with Gasteiger partial charge in [0, 0.05) is 12.5 Å². The molecule has 0 unspecified atom stereocenters. The van der Waals surface area contributed by atoms with Crippen LogP contribution in [-0.4, -0.2) is 18.5 Å². The molecular formula is C30H28BrO4P.